The van der Waals surface area contributed by atoms with Crippen LogP contribution in [-0.4, -0.2) is 5.25 Å². The van der Waals surface area contributed by atoms with Gasteiger partial charge in [-0.15, -0.1) is 0 Å². The summed E-state index contributed by atoms with van der Waals surface area (Å²) in [5.41, 5.74) is 0. The molecule has 64 valence electrons. The van der Waals surface area contributed by atoms with Gasteiger partial charge in [0, 0.05) is 5.25 Å². The SMILES string of the molecule is C/C=c1/cccc/c1=C/C(C)S. The second-order valence-corrected chi connectivity index (χ2v) is 3.64. The van der Waals surface area contributed by atoms with Gasteiger partial charge >= 0.3 is 0 Å². The Morgan fingerprint density at radius 2 is 1.83 bits per heavy atom. The average molecular weight is 178 g/mol. The molecule has 0 nitrogen and oxygen atoms in total. The van der Waals surface area contributed by atoms with Crippen LogP contribution in [0.5, 0.6) is 0 Å². The van der Waals surface area contributed by atoms with Crippen LogP contribution in [0.25, 0.3) is 12.2 Å². The van der Waals surface area contributed by atoms with Gasteiger partial charge in [0.15, 0.2) is 0 Å². The van der Waals surface area contributed by atoms with Crippen LogP contribution in [0.4, 0.5) is 0 Å². The highest BCUT2D eigenvalue weighted by Crippen LogP contribution is 1.91. The Bertz CT molecular complexity index is 350. The van der Waals surface area contributed by atoms with E-state index in [1.165, 1.54) is 10.4 Å². The van der Waals surface area contributed by atoms with Crippen LogP contribution in [0, 0.1) is 0 Å². The lowest BCUT2D eigenvalue weighted by Gasteiger charge is -1.93. The van der Waals surface area contributed by atoms with Gasteiger partial charge in [-0.1, -0.05) is 36.4 Å². The van der Waals surface area contributed by atoms with Crippen molar-refractivity contribution >= 4 is 24.8 Å². The standard InChI is InChI=1S/C11H14S/c1-3-10-6-4-5-7-11(10)8-9(2)12/h3-9,12H,1-2H3/b10-3-,11-8-. The Labute approximate surface area is 79.0 Å². The van der Waals surface area contributed by atoms with Gasteiger partial charge in [0.25, 0.3) is 0 Å². The third-order valence-electron chi connectivity index (χ3n) is 1.73. The molecule has 1 heteroatoms. The van der Waals surface area contributed by atoms with Gasteiger partial charge < -0.3 is 0 Å². The summed E-state index contributed by atoms with van der Waals surface area (Å²) >= 11 is 4.33. The largest absolute Gasteiger partial charge is 0.172 e. The molecule has 1 aromatic carbocycles. The van der Waals surface area contributed by atoms with Crippen molar-refractivity contribution in [2.24, 2.45) is 0 Å². The molecule has 0 saturated heterocycles. The van der Waals surface area contributed by atoms with Gasteiger partial charge in [0.05, 0.1) is 0 Å². The second kappa shape index (κ2) is 4.36. The molecule has 0 radical (unpaired) electrons. The van der Waals surface area contributed by atoms with Crippen LogP contribution in [0.15, 0.2) is 24.3 Å². The van der Waals surface area contributed by atoms with E-state index in [0.29, 0.717) is 5.25 Å². The lowest BCUT2D eigenvalue weighted by molar-refractivity contribution is 1.31. The Kier molecular flexibility index (Phi) is 3.42. The van der Waals surface area contributed by atoms with Crippen molar-refractivity contribution in [1.82, 2.24) is 0 Å². The number of benzene rings is 1. The van der Waals surface area contributed by atoms with E-state index >= 15 is 0 Å². The van der Waals surface area contributed by atoms with E-state index < -0.39 is 0 Å². The monoisotopic (exact) mass is 178 g/mol. The van der Waals surface area contributed by atoms with E-state index in [9.17, 15) is 0 Å². The molecule has 0 aliphatic carbocycles. The number of rotatable bonds is 1. The fraction of sp³-hybridized carbons (Fsp3) is 0.273. The summed E-state index contributed by atoms with van der Waals surface area (Å²) in [5.74, 6) is 0. The molecule has 0 amide bonds. The quantitative estimate of drug-likeness (QED) is 0.620. The molecule has 0 aliphatic heterocycles. The zero-order valence-electron chi connectivity index (χ0n) is 7.49. The normalized spacial score (nSPS) is 16.6. The minimum Gasteiger partial charge on any atom is -0.172 e. The molecule has 0 saturated carbocycles. The zero-order chi connectivity index (χ0) is 8.97. The molecule has 0 spiro atoms. The first-order valence-electron chi connectivity index (χ1n) is 4.15. The van der Waals surface area contributed by atoms with E-state index in [0.717, 1.165) is 0 Å². The van der Waals surface area contributed by atoms with Crippen molar-refractivity contribution in [3.05, 3.63) is 34.7 Å². The summed E-state index contributed by atoms with van der Waals surface area (Å²) in [6, 6.07) is 8.33. The van der Waals surface area contributed by atoms with Gasteiger partial charge in [-0.2, -0.15) is 12.6 Å². The van der Waals surface area contributed by atoms with Crippen molar-refractivity contribution in [2.75, 3.05) is 0 Å². The maximum atomic E-state index is 4.33. The van der Waals surface area contributed by atoms with Crippen LogP contribution in [0.1, 0.15) is 13.8 Å². The minimum absolute atomic E-state index is 0.311. The summed E-state index contributed by atoms with van der Waals surface area (Å²) in [5, 5.41) is 2.85. The summed E-state index contributed by atoms with van der Waals surface area (Å²) in [7, 11) is 0. The molecule has 0 heterocycles. The molecular formula is C11H14S. The maximum Gasteiger partial charge on any atom is 0.0177 e. The highest BCUT2D eigenvalue weighted by atomic mass is 32.1. The first-order chi connectivity index (χ1) is 5.74. The predicted octanol–water partition coefficient (Wildman–Crippen LogP) is 1.59. The minimum atomic E-state index is 0.311. The van der Waals surface area contributed by atoms with Gasteiger partial charge in [-0.3, -0.25) is 0 Å². The summed E-state index contributed by atoms with van der Waals surface area (Å²) in [4.78, 5) is 0. The van der Waals surface area contributed by atoms with Crippen LogP contribution in [0.3, 0.4) is 0 Å². The van der Waals surface area contributed by atoms with Crippen molar-refractivity contribution in [3.63, 3.8) is 0 Å². The Hall–Kier alpha value is -0.690. The third-order valence-corrected chi connectivity index (χ3v) is 1.88. The van der Waals surface area contributed by atoms with Crippen molar-refractivity contribution in [3.8, 4) is 0 Å². The first-order valence-corrected chi connectivity index (χ1v) is 4.67. The van der Waals surface area contributed by atoms with Gasteiger partial charge in [0.2, 0.25) is 0 Å². The highest BCUT2D eigenvalue weighted by Gasteiger charge is 1.86. The highest BCUT2D eigenvalue weighted by molar-refractivity contribution is 7.81. The Morgan fingerprint density at radius 1 is 1.25 bits per heavy atom. The first kappa shape index (κ1) is 9.40. The molecule has 1 rings (SSSR count). The lowest BCUT2D eigenvalue weighted by atomic mass is 10.2. The van der Waals surface area contributed by atoms with E-state index in [1.54, 1.807) is 0 Å². The molecule has 0 aliphatic rings. The van der Waals surface area contributed by atoms with Crippen LogP contribution < -0.4 is 10.4 Å². The average Bonchev–Trinajstić information content (AvgIpc) is 2.04. The van der Waals surface area contributed by atoms with Crippen molar-refractivity contribution in [1.29, 1.82) is 0 Å². The molecule has 12 heavy (non-hydrogen) atoms. The summed E-state index contributed by atoms with van der Waals surface area (Å²) < 4.78 is 0. The molecule has 0 N–H and O–H groups in total. The lowest BCUT2D eigenvalue weighted by Crippen LogP contribution is -2.24. The molecule has 1 atom stereocenters. The summed E-state index contributed by atoms with van der Waals surface area (Å²) in [6.45, 7) is 4.12. The van der Waals surface area contributed by atoms with Crippen LogP contribution in [-0.2, 0) is 0 Å². The Balaban J connectivity index is 3.34. The van der Waals surface area contributed by atoms with Crippen LogP contribution >= 0.6 is 12.6 Å². The molecular weight excluding hydrogens is 164 g/mol. The predicted molar refractivity (Wildman–Crippen MR) is 58.7 cm³/mol. The van der Waals surface area contributed by atoms with Crippen molar-refractivity contribution < 1.29 is 0 Å². The fourth-order valence-corrected chi connectivity index (χ4v) is 1.35. The number of thiol groups is 1. The molecule has 0 bridgehead atoms. The number of hydrogen-bond acceptors (Lipinski definition) is 1. The van der Waals surface area contributed by atoms with Gasteiger partial charge in [-0.05, 0) is 24.3 Å². The zero-order valence-corrected chi connectivity index (χ0v) is 8.38. The maximum absolute atomic E-state index is 4.33. The van der Waals surface area contributed by atoms with E-state index in [-0.39, 0.29) is 0 Å². The topological polar surface area (TPSA) is 0 Å². The fourth-order valence-electron chi connectivity index (χ4n) is 1.19. The Morgan fingerprint density at radius 3 is 2.33 bits per heavy atom. The van der Waals surface area contributed by atoms with Crippen molar-refractivity contribution in [2.45, 2.75) is 19.1 Å². The second-order valence-electron chi connectivity index (χ2n) is 2.82. The van der Waals surface area contributed by atoms with E-state index in [1.807, 2.05) is 0 Å². The van der Waals surface area contributed by atoms with Crippen LogP contribution in [0.2, 0.25) is 0 Å². The molecule has 1 aromatic rings. The van der Waals surface area contributed by atoms with E-state index in [2.05, 4.69) is 62.9 Å². The molecule has 0 aromatic heterocycles. The van der Waals surface area contributed by atoms with Gasteiger partial charge in [0.1, 0.15) is 0 Å². The summed E-state index contributed by atoms with van der Waals surface area (Å²) in [6.07, 6.45) is 4.26. The third kappa shape index (κ3) is 2.42. The molecule has 0 fully saturated rings. The van der Waals surface area contributed by atoms with E-state index in [4.69, 9.17) is 0 Å². The smallest absolute Gasteiger partial charge is 0.0177 e. The molecule has 1 unspecified atom stereocenters. The number of hydrogen-bond donors (Lipinski definition) is 1. The van der Waals surface area contributed by atoms with Gasteiger partial charge in [-0.25, -0.2) is 0 Å².